The van der Waals surface area contributed by atoms with Crippen molar-refractivity contribution < 1.29 is 9.72 Å². The van der Waals surface area contributed by atoms with Crippen molar-refractivity contribution in [3.05, 3.63) is 68.9 Å². The molecule has 0 unspecified atom stereocenters. The molecule has 0 bridgehead atoms. The van der Waals surface area contributed by atoms with Gasteiger partial charge in [-0.2, -0.15) is 0 Å². The molecule has 3 rings (SSSR count). The predicted octanol–water partition coefficient (Wildman–Crippen LogP) is 4.78. The first-order chi connectivity index (χ1) is 11.9. The van der Waals surface area contributed by atoms with Gasteiger partial charge in [0.2, 0.25) is 0 Å². The maximum Gasteiger partial charge on any atom is 0.289 e. The van der Waals surface area contributed by atoms with Crippen LogP contribution in [0.25, 0.3) is 10.9 Å². The molecule has 0 radical (unpaired) electrons. The molecule has 2 aromatic carbocycles. The standard InChI is InChI=1S/C18H16ClN3O3/c1-3-21-15-7-5-4-6-13(15)11(2)17(21)18(23)20-12-8-9-14(19)16(10-12)22(24)25/h4-10H,3H2,1-2H3,(H,20,23). The number of nitrogens with one attached hydrogen (secondary N) is 1. The van der Waals surface area contributed by atoms with E-state index in [9.17, 15) is 14.9 Å². The number of nitro groups is 1. The lowest BCUT2D eigenvalue weighted by Crippen LogP contribution is -2.18. The number of anilines is 1. The minimum Gasteiger partial charge on any atom is -0.337 e. The van der Waals surface area contributed by atoms with Crippen LogP contribution in [0.3, 0.4) is 0 Å². The van der Waals surface area contributed by atoms with E-state index in [2.05, 4.69) is 5.32 Å². The Hall–Kier alpha value is -2.86. The number of aromatic nitrogens is 1. The number of para-hydroxylation sites is 1. The van der Waals surface area contributed by atoms with E-state index in [1.807, 2.05) is 42.7 Å². The van der Waals surface area contributed by atoms with Crippen LogP contribution < -0.4 is 5.32 Å². The topological polar surface area (TPSA) is 77.2 Å². The first kappa shape index (κ1) is 17.0. The fourth-order valence-electron chi connectivity index (χ4n) is 3.02. The molecule has 128 valence electrons. The lowest BCUT2D eigenvalue weighted by atomic mass is 10.1. The fourth-order valence-corrected chi connectivity index (χ4v) is 3.21. The number of benzene rings is 2. The summed E-state index contributed by atoms with van der Waals surface area (Å²) in [6.07, 6.45) is 0. The third-order valence-corrected chi connectivity index (χ3v) is 4.48. The number of rotatable bonds is 4. The number of fused-ring (bicyclic) bond motifs is 1. The normalized spacial score (nSPS) is 10.8. The van der Waals surface area contributed by atoms with Gasteiger partial charge in [-0.3, -0.25) is 14.9 Å². The van der Waals surface area contributed by atoms with E-state index in [0.717, 1.165) is 16.5 Å². The maximum absolute atomic E-state index is 12.8. The second-order valence-electron chi connectivity index (χ2n) is 5.61. The van der Waals surface area contributed by atoms with Crippen molar-refractivity contribution >= 4 is 39.8 Å². The van der Waals surface area contributed by atoms with Gasteiger partial charge in [0.15, 0.2) is 0 Å². The molecule has 25 heavy (non-hydrogen) atoms. The molecule has 1 N–H and O–H groups in total. The quantitative estimate of drug-likeness (QED) is 0.539. The molecule has 0 aliphatic heterocycles. The highest BCUT2D eigenvalue weighted by Gasteiger charge is 2.20. The van der Waals surface area contributed by atoms with Crippen molar-refractivity contribution in [2.75, 3.05) is 5.32 Å². The molecule has 6 nitrogen and oxygen atoms in total. The molecule has 0 spiro atoms. The van der Waals surface area contributed by atoms with Crippen LogP contribution in [0.5, 0.6) is 0 Å². The number of carbonyl (C=O) groups excluding carboxylic acids is 1. The molecule has 0 aliphatic rings. The second-order valence-corrected chi connectivity index (χ2v) is 6.02. The molecular formula is C18H16ClN3O3. The fraction of sp³-hybridized carbons (Fsp3) is 0.167. The van der Waals surface area contributed by atoms with Crippen molar-refractivity contribution in [1.82, 2.24) is 4.57 Å². The molecule has 0 atom stereocenters. The van der Waals surface area contributed by atoms with Gasteiger partial charge >= 0.3 is 0 Å². The van der Waals surface area contributed by atoms with E-state index in [0.29, 0.717) is 17.9 Å². The molecule has 0 saturated carbocycles. The van der Waals surface area contributed by atoms with E-state index in [4.69, 9.17) is 11.6 Å². The van der Waals surface area contributed by atoms with Gasteiger partial charge in [0.25, 0.3) is 11.6 Å². The summed E-state index contributed by atoms with van der Waals surface area (Å²) in [5, 5.41) is 14.8. The number of aryl methyl sites for hydroxylation is 2. The molecule has 1 amide bonds. The summed E-state index contributed by atoms with van der Waals surface area (Å²) in [6, 6.07) is 12.0. The predicted molar refractivity (Wildman–Crippen MR) is 98.4 cm³/mol. The van der Waals surface area contributed by atoms with Gasteiger partial charge in [0.05, 0.1) is 4.92 Å². The Bertz CT molecular complexity index is 995. The molecule has 3 aromatic rings. The summed E-state index contributed by atoms with van der Waals surface area (Å²) in [4.78, 5) is 23.2. The third-order valence-electron chi connectivity index (χ3n) is 4.16. The summed E-state index contributed by atoms with van der Waals surface area (Å²) < 4.78 is 1.93. The van der Waals surface area contributed by atoms with Crippen molar-refractivity contribution in [3.63, 3.8) is 0 Å². The second kappa shape index (κ2) is 6.57. The van der Waals surface area contributed by atoms with E-state index >= 15 is 0 Å². The number of nitro benzene ring substituents is 1. The average molecular weight is 358 g/mol. The first-order valence-electron chi connectivity index (χ1n) is 7.77. The molecule has 0 fully saturated rings. The number of hydrogen-bond acceptors (Lipinski definition) is 3. The molecule has 0 saturated heterocycles. The monoisotopic (exact) mass is 357 g/mol. The Morgan fingerprint density at radius 3 is 2.68 bits per heavy atom. The summed E-state index contributed by atoms with van der Waals surface area (Å²) in [5.74, 6) is -0.313. The summed E-state index contributed by atoms with van der Waals surface area (Å²) >= 11 is 5.81. The smallest absolute Gasteiger partial charge is 0.289 e. The number of nitrogens with zero attached hydrogens (tertiary/aromatic N) is 2. The zero-order valence-electron chi connectivity index (χ0n) is 13.7. The van der Waals surface area contributed by atoms with Crippen molar-refractivity contribution in [2.45, 2.75) is 20.4 Å². The average Bonchev–Trinajstić information content (AvgIpc) is 2.89. The van der Waals surface area contributed by atoms with Gasteiger partial charge < -0.3 is 9.88 Å². The van der Waals surface area contributed by atoms with E-state index in [-0.39, 0.29) is 16.6 Å². The highest BCUT2D eigenvalue weighted by molar-refractivity contribution is 6.32. The van der Waals surface area contributed by atoms with Crippen LogP contribution in [-0.2, 0) is 6.54 Å². The van der Waals surface area contributed by atoms with Crippen LogP contribution in [0, 0.1) is 17.0 Å². The Balaban J connectivity index is 2.02. The zero-order chi connectivity index (χ0) is 18.1. The molecule has 7 heteroatoms. The minimum atomic E-state index is -0.577. The number of hydrogen-bond donors (Lipinski definition) is 1. The minimum absolute atomic E-state index is 0.0295. The van der Waals surface area contributed by atoms with Gasteiger partial charge in [-0.15, -0.1) is 0 Å². The molecular weight excluding hydrogens is 342 g/mol. The Labute approximate surface area is 149 Å². The highest BCUT2D eigenvalue weighted by atomic mass is 35.5. The zero-order valence-corrected chi connectivity index (χ0v) is 14.5. The van der Waals surface area contributed by atoms with Gasteiger partial charge in [0.1, 0.15) is 10.7 Å². The SMILES string of the molecule is CCn1c(C(=O)Nc2ccc(Cl)c([N+](=O)[O-])c2)c(C)c2ccccc21. The first-order valence-corrected chi connectivity index (χ1v) is 8.15. The molecule has 0 aliphatic carbocycles. The van der Waals surface area contributed by atoms with Gasteiger partial charge in [-0.05, 0) is 37.6 Å². The van der Waals surface area contributed by atoms with Crippen molar-refractivity contribution in [3.8, 4) is 0 Å². The third kappa shape index (κ3) is 2.96. The summed E-state index contributed by atoms with van der Waals surface area (Å²) in [6.45, 7) is 4.50. The van der Waals surface area contributed by atoms with Gasteiger partial charge in [-0.25, -0.2) is 0 Å². The van der Waals surface area contributed by atoms with Crippen molar-refractivity contribution in [1.29, 1.82) is 0 Å². The Morgan fingerprint density at radius 2 is 2.00 bits per heavy atom. The lowest BCUT2D eigenvalue weighted by Gasteiger charge is -2.10. The maximum atomic E-state index is 12.8. The van der Waals surface area contributed by atoms with Gasteiger partial charge in [0, 0.05) is 29.2 Å². The van der Waals surface area contributed by atoms with Gasteiger partial charge in [-0.1, -0.05) is 29.8 Å². The van der Waals surface area contributed by atoms with E-state index in [1.54, 1.807) is 6.07 Å². The van der Waals surface area contributed by atoms with Crippen LogP contribution >= 0.6 is 11.6 Å². The Morgan fingerprint density at radius 1 is 1.28 bits per heavy atom. The summed E-state index contributed by atoms with van der Waals surface area (Å²) in [7, 11) is 0. The van der Waals surface area contributed by atoms with E-state index in [1.165, 1.54) is 12.1 Å². The number of halogens is 1. The molecule has 1 heterocycles. The number of amides is 1. The highest BCUT2D eigenvalue weighted by Crippen LogP contribution is 2.29. The molecule has 1 aromatic heterocycles. The van der Waals surface area contributed by atoms with Crippen LogP contribution in [0.4, 0.5) is 11.4 Å². The van der Waals surface area contributed by atoms with Crippen LogP contribution in [0.2, 0.25) is 5.02 Å². The van der Waals surface area contributed by atoms with Crippen LogP contribution in [-0.4, -0.2) is 15.4 Å². The van der Waals surface area contributed by atoms with E-state index < -0.39 is 4.92 Å². The van der Waals surface area contributed by atoms with Crippen LogP contribution in [0.15, 0.2) is 42.5 Å². The number of carbonyl (C=O) groups is 1. The van der Waals surface area contributed by atoms with Crippen molar-refractivity contribution in [2.24, 2.45) is 0 Å². The largest absolute Gasteiger partial charge is 0.337 e. The lowest BCUT2D eigenvalue weighted by molar-refractivity contribution is -0.384. The summed E-state index contributed by atoms with van der Waals surface area (Å²) in [5.41, 5.74) is 2.48. The van der Waals surface area contributed by atoms with Crippen LogP contribution in [0.1, 0.15) is 23.0 Å². The Kier molecular flexibility index (Phi) is 4.46.